The van der Waals surface area contributed by atoms with Crippen LogP contribution < -0.4 is 5.73 Å². The maximum atomic E-state index is 15.1. The van der Waals surface area contributed by atoms with Crippen LogP contribution in [0, 0.1) is 41.3 Å². The number of fused-ring (bicyclic) bond motifs is 1. The minimum absolute atomic E-state index is 0. The molecule has 1 heterocycles. The SMILES string of the molecule is CC(C)C[C@H](CC(=O)[C@H](Cc1cn(Cc2ccc(F)cc2)c2ccccc12)N(C)C(=O)[C@@H](CC(=O)[C@H](CC(C)C)N(C)C(=O)[C@@H](N)CC(C)C)CC(C)C)C(=O)N(C)[C@@H](C)C(=O)O[C@H](C)C(=O)O.Cl. The molecule has 0 saturated heterocycles. The van der Waals surface area contributed by atoms with Crippen LogP contribution in [0.1, 0.15) is 119 Å². The van der Waals surface area contributed by atoms with Crippen LogP contribution in [0.3, 0.4) is 0 Å². The number of carbonyl (C=O) groups excluding carboxylic acids is 6. The van der Waals surface area contributed by atoms with Crippen molar-refractivity contribution in [2.45, 2.75) is 151 Å². The van der Waals surface area contributed by atoms with Crippen LogP contribution in [0.25, 0.3) is 10.9 Å². The number of para-hydroxylation sites is 1. The van der Waals surface area contributed by atoms with Gasteiger partial charge < -0.3 is 34.8 Å². The number of likely N-dealkylation sites (N-methyl/N-ethyl adjacent to an activating group) is 3. The Morgan fingerprint density at radius 1 is 0.652 bits per heavy atom. The van der Waals surface area contributed by atoms with Gasteiger partial charge in [0.15, 0.2) is 17.7 Å². The number of hydrogen-bond acceptors (Lipinski definition) is 9. The molecule has 16 heteroatoms. The minimum Gasteiger partial charge on any atom is -0.479 e. The summed E-state index contributed by atoms with van der Waals surface area (Å²) in [5, 5.41) is 10.1. The van der Waals surface area contributed by atoms with Gasteiger partial charge in [-0.3, -0.25) is 24.0 Å². The number of amides is 3. The lowest BCUT2D eigenvalue weighted by atomic mass is 9.85. The molecule has 0 saturated carbocycles. The normalized spacial score (nSPS) is 14.7. The molecular weight excluding hydrogens is 905 g/mol. The lowest BCUT2D eigenvalue weighted by Crippen LogP contribution is -2.51. The molecule has 0 bridgehead atoms. The van der Waals surface area contributed by atoms with E-state index in [1.54, 1.807) is 26.2 Å². The minimum atomic E-state index is -1.44. The maximum Gasteiger partial charge on any atom is 0.344 e. The molecule has 3 N–H and O–H groups in total. The summed E-state index contributed by atoms with van der Waals surface area (Å²) in [7, 11) is 4.55. The van der Waals surface area contributed by atoms with Gasteiger partial charge in [-0.2, -0.15) is 0 Å². The third kappa shape index (κ3) is 17.3. The van der Waals surface area contributed by atoms with Crippen molar-refractivity contribution in [3.63, 3.8) is 0 Å². The summed E-state index contributed by atoms with van der Waals surface area (Å²) in [5.41, 5.74) is 8.77. The summed E-state index contributed by atoms with van der Waals surface area (Å²) in [6.07, 6.45) is 1.46. The second-order valence-electron chi connectivity index (χ2n) is 20.5. The zero-order valence-corrected chi connectivity index (χ0v) is 43.9. The molecule has 384 valence electrons. The van der Waals surface area contributed by atoms with Gasteiger partial charge in [-0.1, -0.05) is 85.7 Å². The Kier molecular flexibility index (Phi) is 23.7. The highest BCUT2D eigenvalue weighted by Gasteiger charge is 2.39. The van der Waals surface area contributed by atoms with E-state index in [0.717, 1.165) is 22.0 Å². The van der Waals surface area contributed by atoms with E-state index >= 15 is 9.59 Å². The number of Topliss-reactive ketones (excluding diaryl/α,β-unsaturated/α-hetero) is 2. The number of benzene rings is 2. The first-order valence-corrected chi connectivity index (χ1v) is 24.1. The lowest BCUT2D eigenvalue weighted by Gasteiger charge is -2.34. The fraction of sp³-hybridized carbons (Fsp3) is 0.604. The number of aromatic nitrogens is 1. The predicted molar refractivity (Wildman–Crippen MR) is 269 cm³/mol. The smallest absolute Gasteiger partial charge is 0.344 e. The van der Waals surface area contributed by atoms with Gasteiger partial charge >= 0.3 is 11.9 Å². The number of nitrogens with two attached hydrogens (primary N) is 1. The van der Waals surface area contributed by atoms with Gasteiger partial charge in [0, 0.05) is 75.9 Å². The van der Waals surface area contributed by atoms with Crippen molar-refractivity contribution in [1.82, 2.24) is 19.3 Å². The van der Waals surface area contributed by atoms with Crippen molar-refractivity contribution in [3.8, 4) is 0 Å². The van der Waals surface area contributed by atoms with E-state index in [0.29, 0.717) is 25.8 Å². The number of ketones is 2. The van der Waals surface area contributed by atoms with Crippen molar-refractivity contribution in [2.75, 3.05) is 21.1 Å². The van der Waals surface area contributed by atoms with E-state index in [2.05, 4.69) is 0 Å². The number of aliphatic carboxylic acids is 1. The van der Waals surface area contributed by atoms with Crippen LogP contribution >= 0.6 is 12.4 Å². The Balaban J connectivity index is 0.0000163. The molecule has 0 aliphatic heterocycles. The fourth-order valence-electron chi connectivity index (χ4n) is 8.89. The second-order valence-corrected chi connectivity index (χ2v) is 20.5. The summed E-state index contributed by atoms with van der Waals surface area (Å²) in [6.45, 7) is 18.6. The van der Waals surface area contributed by atoms with E-state index in [1.165, 1.54) is 47.7 Å². The Bertz CT molecular complexity index is 2210. The summed E-state index contributed by atoms with van der Waals surface area (Å²) < 4.78 is 21.0. The summed E-state index contributed by atoms with van der Waals surface area (Å²) in [4.78, 5) is 101. The molecule has 3 amide bonds. The topological polar surface area (TPSA) is 190 Å². The average Bonchev–Trinajstić information content (AvgIpc) is 3.61. The number of rotatable bonds is 27. The molecule has 0 spiro atoms. The summed E-state index contributed by atoms with van der Waals surface area (Å²) in [5.74, 6) is -6.26. The van der Waals surface area contributed by atoms with Gasteiger partial charge in [0.05, 0.1) is 18.1 Å². The van der Waals surface area contributed by atoms with Gasteiger partial charge in [0.25, 0.3) is 0 Å². The monoisotopic (exact) mass is 984 g/mol. The van der Waals surface area contributed by atoms with Crippen LogP contribution in [0.4, 0.5) is 4.39 Å². The van der Waals surface area contributed by atoms with Crippen LogP contribution in [0.2, 0.25) is 0 Å². The number of esters is 1. The van der Waals surface area contributed by atoms with Crippen LogP contribution in [-0.4, -0.2) is 117 Å². The fourth-order valence-corrected chi connectivity index (χ4v) is 8.89. The number of hydrogen-bond donors (Lipinski definition) is 2. The van der Waals surface area contributed by atoms with Crippen LogP contribution in [0.5, 0.6) is 0 Å². The maximum absolute atomic E-state index is 15.1. The van der Waals surface area contributed by atoms with Crippen molar-refractivity contribution in [3.05, 3.63) is 71.7 Å². The molecule has 0 radical (unpaired) electrons. The highest BCUT2D eigenvalue weighted by Crippen LogP contribution is 2.30. The summed E-state index contributed by atoms with van der Waals surface area (Å²) in [6, 6.07) is 9.94. The first kappa shape index (κ1) is 60.0. The number of ether oxygens (including phenoxy) is 1. The average molecular weight is 985 g/mol. The van der Waals surface area contributed by atoms with Gasteiger partial charge in [0.2, 0.25) is 17.7 Å². The third-order valence-corrected chi connectivity index (χ3v) is 12.7. The molecular formula is C53H79ClFN5O9. The quantitative estimate of drug-likeness (QED) is 0.0709. The molecule has 3 aromatic rings. The van der Waals surface area contributed by atoms with Crippen molar-refractivity contribution in [1.29, 1.82) is 0 Å². The Labute approximate surface area is 415 Å². The van der Waals surface area contributed by atoms with Crippen molar-refractivity contribution >= 4 is 64.5 Å². The molecule has 2 aromatic carbocycles. The molecule has 0 unspecified atom stereocenters. The van der Waals surface area contributed by atoms with E-state index in [1.807, 2.05) is 90.4 Å². The largest absolute Gasteiger partial charge is 0.479 e. The van der Waals surface area contributed by atoms with E-state index in [9.17, 15) is 33.5 Å². The first-order valence-electron chi connectivity index (χ1n) is 24.1. The number of carboxylic acids is 1. The number of nitrogens with zero attached hydrogens (tertiary/aromatic N) is 4. The molecule has 0 aliphatic carbocycles. The van der Waals surface area contributed by atoms with Gasteiger partial charge in [-0.15, -0.1) is 12.4 Å². The molecule has 0 fully saturated rings. The van der Waals surface area contributed by atoms with Gasteiger partial charge in [-0.25, -0.2) is 14.0 Å². The molecule has 69 heavy (non-hydrogen) atoms. The summed E-state index contributed by atoms with van der Waals surface area (Å²) >= 11 is 0. The van der Waals surface area contributed by atoms with E-state index in [4.69, 9.17) is 10.5 Å². The second kappa shape index (κ2) is 27.3. The van der Waals surface area contributed by atoms with Crippen molar-refractivity contribution < 1.29 is 47.8 Å². The number of halogens is 2. The molecule has 7 atom stereocenters. The van der Waals surface area contributed by atoms with Crippen LogP contribution in [-0.2, 0) is 51.3 Å². The molecule has 3 rings (SSSR count). The number of carbonyl (C=O) groups is 7. The van der Waals surface area contributed by atoms with E-state index < -0.39 is 71.6 Å². The van der Waals surface area contributed by atoms with Gasteiger partial charge in [-0.05, 0) is 92.5 Å². The van der Waals surface area contributed by atoms with Crippen molar-refractivity contribution in [2.24, 2.45) is 41.2 Å². The Morgan fingerprint density at radius 3 is 1.64 bits per heavy atom. The highest BCUT2D eigenvalue weighted by molar-refractivity contribution is 5.97. The molecule has 1 aromatic heterocycles. The lowest BCUT2D eigenvalue weighted by molar-refractivity contribution is -0.167. The standard InChI is InChI=1S/C53H78FN5O9.ClH/c1-31(2)22-38(49(62)56(11)35(9)53(67)68-36(10)52(65)66)27-48(61)46(26-40-30-59(44-17-15-14-16-42(40)44)29-37-18-20-41(54)21-19-37)57(12)50(63)39(23-32(3)4)28-47(60)45(25-34(7)8)58(13)51(64)43(55)24-33(5)6;/h14-21,30-36,38-39,43,45-46H,22-29,55H2,1-13H3,(H,65,66);1H/t35-,36+,38+,39+,43-,45-,46-;/m0./s1. The highest BCUT2D eigenvalue weighted by atomic mass is 35.5. The first-order chi connectivity index (χ1) is 31.7. The van der Waals surface area contributed by atoms with Gasteiger partial charge in [0.1, 0.15) is 11.9 Å². The third-order valence-electron chi connectivity index (χ3n) is 12.7. The zero-order valence-electron chi connectivity index (χ0n) is 43.1. The molecule has 14 nitrogen and oxygen atoms in total. The van der Waals surface area contributed by atoms with E-state index in [-0.39, 0.29) is 79.3 Å². The Morgan fingerprint density at radius 2 is 1.13 bits per heavy atom. The molecule has 0 aliphatic rings. The predicted octanol–water partition coefficient (Wildman–Crippen LogP) is 7.97. The number of carboxylic acid groups (broad SMARTS) is 1. The Hall–Kier alpha value is -5.15. The van der Waals surface area contributed by atoms with Crippen LogP contribution in [0.15, 0.2) is 54.7 Å². The zero-order chi connectivity index (χ0) is 51.3.